The zero-order valence-corrected chi connectivity index (χ0v) is 16.7. The Bertz CT molecular complexity index is 726. The molecular formula is C22H32O5. The van der Waals surface area contributed by atoms with Crippen molar-refractivity contribution in [2.24, 2.45) is 22.7 Å². The van der Waals surface area contributed by atoms with Crippen LogP contribution >= 0.6 is 0 Å². The molecule has 150 valence electrons. The summed E-state index contributed by atoms with van der Waals surface area (Å²) in [6, 6.07) is 0. The van der Waals surface area contributed by atoms with Crippen molar-refractivity contribution in [2.45, 2.75) is 83.7 Å². The molecule has 0 radical (unpaired) electrons. The van der Waals surface area contributed by atoms with Crippen molar-refractivity contribution in [3.63, 3.8) is 0 Å². The Morgan fingerprint density at radius 2 is 1.93 bits per heavy atom. The first kappa shape index (κ1) is 19.2. The van der Waals surface area contributed by atoms with Gasteiger partial charge in [-0.25, -0.2) is 0 Å². The van der Waals surface area contributed by atoms with E-state index in [1.165, 1.54) is 5.57 Å². The van der Waals surface area contributed by atoms with Gasteiger partial charge in [-0.2, -0.15) is 0 Å². The van der Waals surface area contributed by atoms with E-state index in [0.717, 1.165) is 31.3 Å². The van der Waals surface area contributed by atoms with Crippen LogP contribution in [-0.2, 0) is 9.53 Å². The third-order valence-corrected chi connectivity index (χ3v) is 8.46. The van der Waals surface area contributed by atoms with Crippen LogP contribution in [-0.4, -0.2) is 45.2 Å². The summed E-state index contributed by atoms with van der Waals surface area (Å²) in [5, 5.41) is 31.1. The smallest absolute Gasteiger partial charge is 0.309 e. The topological polar surface area (TPSA) is 90.3 Å². The Morgan fingerprint density at radius 3 is 2.59 bits per heavy atom. The van der Waals surface area contributed by atoms with Crippen LogP contribution in [0.3, 0.4) is 0 Å². The average Bonchev–Trinajstić information content (AvgIpc) is 3.33. The van der Waals surface area contributed by atoms with Gasteiger partial charge in [0, 0.05) is 0 Å². The molecule has 2 fully saturated rings. The van der Waals surface area contributed by atoms with Crippen LogP contribution in [0.5, 0.6) is 0 Å². The minimum Gasteiger partial charge on any atom is -0.481 e. The first-order chi connectivity index (χ1) is 12.6. The lowest BCUT2D eigenvalue weighted by molar-refractivity contribution is -0.163. The highest BCUT2D eigenvalue weighted by Gasteiger charge is 2.68. The molecule has 27 heavy (non-hydrogen) atoms. The number of rotatable bonds is 3. The molecule has 0 spiro atoms. The molecule has 6 unspecified atom stereocenters. The zero-order chi connectivity index (χ0) is 19.8. The summed E-state index contributed by atoms with van der Waals surface area (Å²) in [5.41, 5.74) is 0.430. The predicted molar refractivity (Wildman–Crippen MR) is 101 cm³/mol. The van der Waals surface area contributed by atoms with Crippen molar-refractivity contribution < 1.29 is 24.9 Å². The summed E-state index contributed by atoms with van der Waals surface area (Å²) in [6.45, 7) is 8.09. The molecule has 0 aromatic heterocycles. The maximum atomic E-state index is 12.1. The SMILES string of the molecule is CC1=CC(O)[C@]2(CC3C(C)=CCC4C(C)(C(=O)O)CCCC34C)O[C@@H]2C1O. The zero-order valence-electron chi connectivity index (χ0n) is 16.7. The van der Waals surface area contributed by atoms with E-state index in [9.17, 15) is 20.1 Å². The molecule has 1 aliphatic heterocycles. The van der Waals surface area contributed by atoms with Crippen LogP contribution in [0.4, 0.5) is 0 Å². The van der Waals surface area contributed by atoms with E-state index in [1.54, 1.807) is 6.08 Å². The molecule has 4 aliphatic rings. The van der Waals surface area contributed by atoms with E-state index in [-0.39, 0.29) is 23.4 Å². The van der Waals surface area contributed by atoms with E-state index in [0.29, 0.717) is 6.42 Å². The molecule has 0 amide bonds. The van der Waals surface area contributed by atoms with E-state index in [2.05, 4.69) is 19.9 Å². The maximum Gasteiger partial charge on any atom is 0.309 e. The summed E-state index contributed by atoms with van der Waals surface area (Å²) >= 11 is 0. The van der Waals surface area contributed by atoms with Gasteiger partial charge in [-0.1, -0.05) is 31.1 Å². The van der Waals surface area contributed by atoms with E-state index in [1.807, 2.05) is 13.8 Å². The first-order valence-electron chi connectivity index (χ1n) is 10.2. The van der Waals surface area contributed by atoms with Gasteiger partial charge in [0.15, 0.2) is 0 Å². The third kappa shape index (κ3) is 2.51. The van der Waals surface area contributed by atoms with Gasteiger partial charge in [-0.15, -0.1) is 0 Å². The van der Waals surface area contributed by atoms with Crippen molar-refractivity contribution in [1.29, 1.82) is 0 Å². The Hall–Kier alpha value is -1.17. The lowest BCUT2D eigenvalue weighted by Crippen LogP contribution is -2.54. The maximum absolute atomic E-state index is 12.1. The first-order valence-corrected chi connectivity index (χ1v) is 10.2. The molecule has 0 bridgehead atoms. The molecule has 0 aromatic carbocycles. The molecule has 3 aliphatic carbocycles. The van der Waals surface area contributed by atoms with Gasteiger partial charge < -0.3 is 20.1 Å². The van der Waals surface area contributed by atoms with Crippen molar-refractivity contribution >= 4 is 5.97 Å². The number of hydrogen-bond donors (Lipinski definition) is 3. The monoisotopic (exact) mass is 376 g/mol. The van der Waals surface area contributed by atoms with Gasteiger partial charge >= 0.3 is 5.97 Å². The lowest BCUT2D eigenvalue weighted by Gasteiger charge is -2.56. The largest absolute Gasteiger partial charge is 0.481 e. The summed E-state index contributed by atoms with van der Waals surface area (Å²) < 4.78 is 5.94. The van der Waals surface area contributed by atoms with Gasteiger partial charge in [0.25, 0.3) is 0 Å². The quantitative estimate of drug-likeness (QED) is 0.520. The minimum atomic E-state index is -0.735. The average molecular weight is 376 g/mol. The van der Waals surface area contributed by atoms with Crippen LogP contribution in [0.1, 0.15) is 59.8 Å². The standard InChI is InChI=1S/C22H32O5/c1-12-6-7-15-20(3,8-5-9-21(15,4)19(25)26)14(12)11-22-16(23)10-13(2)17(24)18(22)27-22/h6,10,14-18,23-24H,5,7-9,11H2,1-4H3,(H,25,26)/t14?,15?,16?,17?,18-,20?,21?,22+/m1/s1. The van der Waals surface area contributed by atoms with E-state index < -0.39 is 29.2 Å². The van der Waals surface area contributed by atoms with Gasteiger partial charge in [0.1, 0.15) is 23.9 Å². The van der Waals surface area contributed by atoms with Gasteiger partial charge in [0.05, 0.1) is 5.41 Å². The lowest BCUT2D eigenvalue weighted by atomic mass is 9.47. The molecule has 4 rings (SSSR count). The van der Waals surface area contributed by atoms with Gasteiger partial charge in [-0.3, -0.25) is 4.79 Å². The highest BCUT2D eigenvalue weighted by Crippen LogP contribution is 2.63. The van der Waals surface area contributed by atoms with Crippen molar-refractivity contribution in [2.75, 3.05) is 0 Å². The highest BCUT2D eigenvalue weighted by atomic mass is 16.6. The number of aliphatic carboxylic acids is 1. The number of aliphatic hydroxyl groups is 2. The Kier molecular flexibility index (Phi) is 4.20. The Balaban J connectivity index is 1.68. The number of hydrogen-bond acceptors (Lipinski definition) is 4. The van der Waals surface area contributed by atoms with Crippen molar-refractivity contribution in [3.05, 3.63) is 23.3 Å². The predicted octanol–water partition coefficient (Wildman–Crippen LogP) is 3.06. The number of fused-ring (bicyclic) bond motifs is 2. The second-order valence-electron chi connectivity index (χ2n) is 9.87. The summed E-state index contributed by atoms with van der Waals surface area (Å²) in [5.74, 6) is -0.481. The Labute approximate surface area is 161 Å². The van der Waals surface area contributed by atoms with E-state index >= 15 is 0 Å². The van der Waals surface area contributed by atoms with Crippen molar-refractivity contribution in [3.8, 4) is 0 Å². The van der Waals surface area contributed by atoms with Crippen LogP contribution in [0, 0.1) is 22.7 Å². The summed E-state index contributed by atoms with van der Waals surface area (Å²) in [7, 11) is 0. The van der Waals surface area contributed by atoms with Crippen LogP contribution < -0.4 is 0 Å². The molecule has 1 heterocycles. The third-order valence-electron chi connectivity index (χ3n) is 8.46. The molecule has 5 nitrogen and oxygen atoms in total. The minimum absolute atomic E-state index is 0.0708. The van der Waals surface area contributed by atoms with E-state index in [4.69, 9.17) is 4.74 Å². The van der Waals surface area contributed by atoms with Crippen LogP contribution in [0.25, 0.3) is 0 Å². The fraction of sp³-hybridized carbons (Fsp3) is 0.773. The fourth-order valence-electron chi connectivity index (χ4n) is 6.58. The Morgan fingerprint density at radius 1 is 1.22 bits per heavy atom. The van der Waals surface area contributed by atoms with Gasteiger partial charge in [0.2, 0.25) is 0 Å². The normalized spacial score (nSPS) is 51.6. The van der Waals surface area contributed by atoms with Crippen LogP contribution in [0.2, 0.25) is 0 Å². The molecule has 5 heteroatoms. The molecule has 8 atom stereocenters. The number of epoxide rings is 1. The molecule has 3 N–H and O–H groups in total. The van der Waals surface area contributed by atoms with Crippen LogP contribution in [0.15, 0.2) is 23.3 Å². The highest BCUT2D eigenvalue weighted by molar-refractivity contribution is 5.75. The number of carbonyl (C=O) groups is 1. The van der Waals surface area contributed by atoms with Crippen molar-refractivity contribution in [1.82, 2.24) is 0 Å². The fourth-order valence-corrected chi connectivity index (χ4v) is 6.58. The molecule has 1 saturated heterocycles. The number of allylic oxidation sites excluding steroid dienone is 2. The molecule has 1 saturated carbocycles. The second kappa shape index (κ2) is 5.91. The molecule has 0 aromatic rings. The number of carboxylic acids is 1. The molecular weight excluding hydrogens is 344 g/mol. The summed E-state index contributed by atoms with van der Waals surface area (Å²) in [6.07, 6.45) is 6.21. The summed E-state index contributed by atoms with van der Waals surface area (Å²) in [4.78, 5) is 12.1. The number of aliphatic hydroxyl groups excluding tert-OH is 2. The van der Waals surface area contributed by atoms with Gasteiger partial charge in [-0.05, 0) is 69.3 Å². The second-order valence-corrected chi connectivity index (χ2v) is 9.87. The number of carboxylic acid groups (broad SMARTS) is 1. The number of ether oxygens (including phenoxy) is 1.